The minimum absolute atomic E-state index is 0.388. The van der Waals surface area contributed by atoms with E-state index in [0.29, 0.717) is 12.1 Å². The Kier molecular flexibility index (Phi) is 3.23. The van der Waals surface area contributed by atoms with E-state index in [2.05, 4.69) is 10.2 Å². The van der Waals surface area contributed by atoms with Crippen molar-refractivity contribution in [1.29, 1.82) is 0 Å². The highest BCUT2D eigenvalue weighted by molar-refractivity contribution is 7.80. The molecule has 1 saturated heterocycles. The lowest BCUT2D eigenvalue weighted by Gasteiger charge is -2.23. The fourth-order valence-electron chi connectivity index (χ4n) is 1.69. The van der Waals surface area contributed by atoms with Crippen LogP contribution in [0.4, 0.5) is 0 Å². The van der Waals surface area contributed by atoms with Crippen LogP contribution in [0.5, 0.6) is 0 Å². The second kappa shape index (κ2) is 4.45. The zero-order valence-corrected chi connectivity index (χ0v) is 9.48. The number of ether oxygens (including phenoxy) is 1. The molecule has 0 aromatic carbocycles. The van der Waals surface area contributed by atoms with Gasteiger partial charge in [0, 0.05) is 26.2 Å². The third kappa shape index (κ3) is 2.82. The van der Waals surface area contributed by atoms with Crippen LogP contribution in [0.1, 0.15) is 25.7 Å². The van der Waals surface area contributed by atoms with Crippen LogP contribution in [-0.4, -0.2) is 42.4 Å². The van der Waals surface area contributed by atoms with Crippen molar-refractivity contribution in [3.05, 3.63) is 0 Å². The lowest BCUT2D eigenvalue weighted by atomic mass is 10.2. The van der Waals surface area contributed by atoms with E-state index in [1.54, 1.807) is 0 Å². The fraction of sp³-hybridized carbons (Fsp3) is 0.900. The van der Waals surface area contributed by atoms with Gasteiger partial charge in [-0.2, -0.15) is 0 Å². The second-order valence-electron chi connectivity index (χ2n) is 4.24. The second-order valence-corrected chi connectivity index (χ2v) is 4.63. The maximum Gasteiger partial charge on any atom is 0.168 e. The molecular weight excluding hydrogens is 196 g/mol. The van der Waals surface area contributed by atoms with Gasteiger partial charge in [0.25, 0.3) is 0 Å². The number of nitrogens with zero attached hydrogens (tertiary/aromatic N) is 1. The summed E-state index contributed by atoms with van der Waals surface area (Å²) in [6.45, 7) is 1.85. The summed E-state index contributed by atoms with van der Waals surface area (Å²) in [5.74, 6) is 0. The molecule has 0 aromatic heterocycles. The molecule has 0 radical (unpaired) electrons. The van der Waals surface area contributed by atoms with Gasteiger partial charge >= 0.3 is 0 Å². The third-order valence-corrected chi connectivity index (χ3v) is 3.18. The van der Waals surface area contributed by atoms with Gasteiger partial charge in [0.2, 0.25) is 0 Å². The molecule has 1 aliphatic carbocycles. The predicted octanol–water partition coefficient (Wildman–Crippen LogP) is 1.13. The molecule has 2 fully saturated rings. The highest BCUT2D eigenvalue weighted by atomic mass is 32.1. The zero-order valence-electron chi connectivity index (χ0n) is 8.66. The van der Waals surface area contributed by atoms with Crippen LogP contribution in [0, 0.1) is 0 Å². The maximum absolute atomic E-state index is 5.57. The first kappa shape index (κ1) is 10.2. The first-order valence-electron chi connectivity index (χ1n) is 5.39. The average Bonchev–Trinajstić information content (AvgIpc) is 2.81. The molecule has 2 rings (SSSR count). The highest BCUT2D eigenvalue weighted by Gasteiger charge is 2.24. The summed E-state index contributed by atoms with van der Waals surface area (Å²) in [6, 6.07) is 0.648. The Bertz CT molecular complexity index is 212. The summed E-state index contributed by atoms with van der Waals surface area (Å²) in [6.07, 6.45) is 5.30. The lowest BCUT2D eigenvalue weighted by molar-refractivity contribution is 0.0957. The van der Waals surface area contributed by atoms with E-state index in [4.69, 9.17) is 17.0 Å². The van der Waals surface area contributed by atoms with Crippen molar-refractivity contribution in [2.75, 3.05) is 20.2 Å². The summed E-state index contributed by atoms with van der Waals surface area (Å²) >= 11 is 5.29. The Morgan fingerprint density at radius 2 is 2.29 bits per heavy atom. The number of hydrogen-bond donors (Lipinski definition) is 1. The molecule has 80 valence electrons. The monoisotopic (exact) mass is 214 g/mol. The molecule has 1 aliphatic heterocycles. The molecular formula is C10H18N2OS. The maximum atomic E-state index is 5.57. The summed E-state index contributed by atoms with van der Waals surface area (Å²) in [4.78, 5) is 2.10. The van der Waals surface area contributed by atoms with Crippen LogP contribution in [-0.2, 0) is 4.74 Å². The number of thiocarbonyl (C=S) groups is 1. The largest absolute Gasteiger partial charge is 0.376 e. The van der Waals surface area contributed by atoms with E-state index in [0.717, 1.165) is 18.3 Å². The summed E-state index contributed by atoms with van der Waals surface area (Å²) in [5, 5.41) is 4.21. The van der Waals surface area contributed by atoms with Crippen LogP contribution in [0.3, 0.4) is 0 Å². The molecule has 1 unspecified atom stereocenters. The van der Waals surface area contributed by atoms with Crippen molar-refractivity contribution >= 4 is 17.3 Å². The Hall–Kier alpha value is -0.350. The molecule has 0 spiro atoms. The van der Waals surface area contributed by atoms with Gasteiger partial charge in [-0.25, -0.2) is 0 Å². The van der Waals surface area contributed by atoms with Crippen molar-refractivity contribution in [3.63, 3.8) is 0 Å². The molecule has 3 nitrogen and oxygen atoms in total. The third-order valence-electron chi connectivity index (χ3n) is 2.75. The van der Waals surface area contributed by atoms with Crippen LogP contribution in [0.15, 0.2) is 0 Å². The molecule has 14 heavy (non-hydrogen) atoms. The summed E-state index contributed by atoms with van der Waals surface area (Å²) < 4.78 is 5.57. The summed E-state index contributed by atoms with van der Waals surface area (Å²) in [7, 11) is 2.04. The molecule has 1 saturated carbocycles. The van der Waals surface area contributed by atoms with E-state index in [-0.39, 0.29) is 0 Å². The van der Waals surface area contributed by atoms with Crippen molar-refractivity contribution in [3.8, 4) is 0 Å². The molecule has 1 heterocycles. The normalized spacial score (nSPS) is 26.2. The van der Waals surface area contributed by atoms with Gasteiger partial charge in [-0.15, -0.1) is 0 Å². The smallest absolute Gasteiger partial charge is 0.168 e. The SMILES string of the molecule is CN(CC1CCCO1)C(=S)NC1CC1. The van der Waals surface area contributed by atoms with Crippen molar-refractivity contribution in [2.45, 2.75) is 37.8 Å². The van der Waals surface area contributed by atoms with Gasteiger partial charge in [0.05, 0.1) is 6.10 Å². The number of likely N-dealkylation sites (N-methyl/N-ethyl adjacent to an activating group) is 1. The number of hydrogen-bond acceptors (Lipinski definition) is 2. The Morgan fingerprint density at radius 3 is 2.86 bits per heavy atom. The summed E-state index contributed by atoms with van der Waals surface area (Å²) in [5.41, 5.74) is 0. The van der Waals surface area contributed by atoms with Gasteiger partial charge in [-0.3, -0.25) is 0 Å². The highest BCUT2D eigenvalue weighted by Crippen LogP contribution is 2.19. The minimum Gasteiger partial charge on any atom is -0.376 e. The van der Waals surface area contributed by atoms with Gasteiger partial charge < -0.3 is 15.0 Å². The first-order chi connectivity index (χ1) is 6.75. The topological polar surface area (TPSA) is 24.5 Å². The molecule has 0 bridgehead atoms. The van der Waals surface area contributed by atoms with Crippen molar-refractivity contribution in [1.82, 2.24) is 10.2 Å². The Labute approximate surface area is 90.8 Å². The average molecular weight is 214 g/mol. The van der Waals surface area contributed by atoms with Gasteiger partial charge in [-0.1, -0.05) is 0 Å². The minimum atomic E-state index is 0.388. The van der Waals surface area contributed by atoms with E-state index in [9.17, 15) is 0 Å². The van der Waals surface area contributed by atoms with E-state index in [1.165, 1.54) is 25.7 Å². The Balaban J connectivity index is 1.69. The molecule has 1 N–H and O–H groups in total. The van der Waals surface area contributed by atoms with Gasteiger partial charge in [0.1, 0.15) is 0 Å². The van der Waals surface area contributed by atoms with Gasteiger partial charge in [0.15, 0.2) is 5.11 Å². The van der Waals surface area contributed by atoms with Crippen LogP contribution < -0.4 is 5.32 Å². The van der Waals surface area contributed by atoms with Crippen LogP contribution in [0.25, 0.3) is 0 Å². The molecule has 1 atom stereocenters. The molecule has 4 heteroatoms. The fourth-order valence-corrected chi connectivity index (χ4v) is 1.93. The molecule has 0 amide bonds. The Morgan fingerprint density at radius 1 is 1.50 bits per heavy atom. The molecule has 0 aromatic rings. The van der Waals surface area contributed by atoms with Crippen molar-refractivity contribution in [2.24, 2.45) is 0 Å². The van der Waals surface area contributed by atoms with E-state index >= 15 is 0 Å². The van der Waals surface area contributed by atoms with E-state index < -0.39 is 0 Å². The first-order valence-corrected chi connectivity index (χ1v) is 5.80. The number of rotatable bonds is 3. The zero-order chi connectivity index (χ0) is 9.97. The van der Waals surface area contributed by atoms with Crippen molar-refractivity contribution < 1.29 is 4.74 Å². The number of nitrogens with one attached hydrogen (secondary N) is 1. The quantitative estimate of drug-likeness (QED) is 0.712. The van der Waals surface area contributed by atoms with E-state index in [1.807, 2.05) is 7.05 Å². The molecule has 2 aliphatic rings. The van der Waals surface area contributed by atoms with Crippen LogP contribution in [0.2, 0.25) is 0 Å². The van der Waals surface area contributed by atoms with Gasteiger partial charge in [-0.05, 0) is 37.9 Å². The van der Waals surface area contributed by atoms with Crippen LogP contribution >= 0.6 is 12.2 Å². The standard InChI is InChI=1S/C10H18N2OS/c1-12(7-9-3-2-6-13-9)10(14)11-8-4-5-8/h8-9H,2-7H2,1H3,(H,11,14). The lowest BCUT2D eigenvalue weighted by Crippen LogP contribution is -2.41. The predicted molar refractivity (Wildman–Crippen MR) is 60.4 cm³/mol.